The second-order valence-electron chi connectivity index (χ2n) is 4.73. The summed E-state index contributed by atoms with van der Waals surface area (Å²) in [7, 11) is 0. The van der Waals surface area contributed by atoms with E-state index in [0.29, 0.717) is 12.5 Å². The van der Waals surface area contributed by atoms with E-state index in [1.165, 1.54) is 0 Å². The van der Waals surface area contributed by atoms with Crippen LogP contribution in [0.25, 0.3) is 0 Å². The summed E-state index contributed by atoms with van der Waals surface area (Å²) in [5.74, 6) is 0.351. The van der Waals surface area contributed by atoms with Gasteiger partial charge in [-0.2, -0.15) is 0 Å². The van der Waals surface area contributed by atoms with E-state index in [4.69, 9.17) is 11.5 Å². The Kier molecular flexibility index (Phi) is 5.56. The zero-order chi connectivity index (χ0) is 10.8. The van der Waals surface area contributed by atoms with Crippen LogP contribution in [0.5, 0.6) is 0 Å². The number of nitrogens with one attached hydrogen (secondary N) is 1. The van der Waals surface area contributed by atoms with Crippen molar-refractivity contribution in [2.45, 2.75) is 44.7 Å². The van der Waals surface area contributed by atoms with E-state index in [-0.39, 0.29) is 24.4 Å². The van der Waals surface area contributed by atoms with Crippen LogP contribution in [0.3, 0.4) is 0 Å². The normalized spacial score (nSPS) is 25.9. The number of hydrogen-bond acceptors (Lipinski definition) is 3. The van der Waals surface area contributed by atoms with Crippen molar-refractivity contribution in [3.63, 3.8) is 0 Å². The van der Waals surface area contributed by atoms with Crippen molar-refractivity contribution in [2.75, 3.05) is 6.54 Å². The van der Waals surface area contributed by atoms with Gasteiger partial charge < -0.3 is 16.8 Å². The first-order valence-corrected chi connectivity index (χ1v) is 5.25. The maximum Gasteiger partial charge on any atom is 0.239 e. The van der Waals surface area contributed by atoms with Gasteiger partial charge in [0.2, 0.25) is 5.91 Å². The minimum absolute atomic E-state index is 0. The Morgan fingerprint density at radius 3 is 2.53 bits per heavy atom. The fourth-order valence-electron chi connectivity index (χ4n) is 1.86. The van der Waals surface area contributed by atoms with Crippen molar-refractivity contribution in [2.24, 2.45) is 17.4 Å². The van der Waals surface area contributed by atoms with Crippen molar-refractivity contribution in [1.82, 2.24) is 5.32 Å². The van der Waals surface area contributed by atoms with Crippen LogP contribution in [-0.2, 0) is 4.79 Å². The Labute approximate surface area is 97.6 Å². The van der Waals surface area contributed by atoms with Gasteiger partial charge >= 0.3 is 0 Å². The van der Waals surface area contributed by atoms with Crippen LogP contribution in [0, 0.1) is 5.92 Å². The molecule has 0 aromatic carbocycles. The fraction of sp³-hybridized carbons (Fsp3) is 0.900. The van der Waals surface area contributed by atoms with Crippen LogP contribution < -0.4 is 16.8 Å². The average Bonchev–Trinajstić information content (AvgIpc) is 2.50. The predicted octanol–water partition coefficient (Wildman–Crippen LogP) is 0.389. The number of halogens is 1. The molecule has 0 saturated heterocycles. The standard InChI is InChI=1S/C10H21N3O.ClH/c1-10(2,12)9(14)13-8-5-3-4-7(8)6-11;/h7-8H,3-6,11-12H2,1-2H3,(H,13,14);1H. The lowest BCUT2D eigenvalue weighted by Crippen LogP contribution is -2.53. The number of hydrogen-bond donors (Lipinski definition) is 3. The van der Waals surface area contributed by atoms with Gasteiger partial charge in [-0.3, -0.25) is 4.79 Å². The van der Waals surface area contributed by atoms with Gasteiger partial charge in [0.1, 0.15) is 0 Å². The number of nitrogens with two attached hydrogens (primary N) is 2. The van der Waals surface area contributed by atoms with Gasteiger partial charge in [-0.1, -0.05) is 6.42 Å². The topological polar surface area (TPSA) is 81.1 Å². The minimum atomic E-state index is -0.790. The summed E-state index contributed by atoms with van der Waals surface area (Å²) < 4.78 is 0. The molecule has 0 aliphatic heterocycles. The second-order valence-corrected chi connectivity index (χ2v) is 4.73. The maximum absolute atomic E-state index is 11.6. The van der Waals surface area contributed by atoms with Crippen LogP contribution in [0.1, 0.15) is 33.1 Å². The van der Waals surface area contributed by atoms with Crippen molar-refractivity contribution in [1.29, 1.82) is 0 Å². The van der Waals surface area contributed by atoms with Crippen molar-refractivity contribution < 1.29 is 4.79 Å². The van der Waals surface area contributed by atoms with Gasteiger partial charge in [0, 0.05) is 6.04 Å². The van der Waals surface area contributed by atoms with Gasteiger partial charge in [0.25, 0.3) is 0 Å². The van der Waals surface area contributed by atoms with E-state index in [9.17, 15) is 4.79 Å². The van der Waals surface area contributed by atoms with Crippen LogP contribution in [0.2, 0.25) is 0 Å². The Bertz CT molecular complexity index is 215. The quantitative estimate of drug-likeness (QED) is 0.662. The molecule has 2 atom stereocenters. The third kappa shape index (κ3) is 3.97. The fourth-order valence-corrected chi connectivity index (χ4v) is 1.86. The molecule has 1 saturated carbocycles. The summed E-state index contributed by atoms with van der Waals surface area (Å²) in [6.45, 7) is 4.08. The van der Waals surface area contributed by atoms with E-state index in [0.717, 1.165) is 19.3 Å². The zero-order valence-corrected chi connectivity index (χ0v) is 10.3. The number of amides is 1. The average molecular weight is 236 g/mol. The Morgan fingerprint density at radius 2 is 2.07 bits per heavy atom. The third-order valence-electron chi connectivity index (χ3n) is 2.86. The molecule has 0 aromatic rings. The molecule has 2 unspecified atom stereocenters. The van der Waals surface area contributed by atoms with Crippen molar-refractivity contribution in [3.8, 4) is 0 Å². The van der Waals surface area contributed by atoms with E-state index in [1.54, 1.807) is 13.8 Å². The molecular formula is C10H22ClN3O. The molecule has 4 nitrogen and oxygen atoms in total. The van der Waals surface area contributed by atoms with Crippen LogP contribution in [0.4, 0.5) is 0 Å². The van der Waals surface area contributed by atoms with Gasteiger partial charge in [0.15, 0.2) is 0 Å². The van der Waals surface area contributed by atoms with Gasteiger partial charge in [-0.05, 0) is 39.2 Å². The Morgan fingerprint density at radius 1 is 1.47 bits per heavy atom. The Balaban J connectivity index is 0.00000196. The van der Waals surface area contributed by atoms with E-state index < -0.39 is 5.54 Å². The van der Waals surface area contributed by atoms with Crippen molar-refractivity contribution in [3.05, 3.63) is 0 Å². The van der Waals surface area contributed by atoms with Crippen LogP contribution in [-0.4, -0.2) is 24.0 Å². The summed E-state index contributed by atoms with van der Waals surface area (Å²) in [5.41, 5.74) is 10.5. The molecule has 1 aliphatic carbocycles. The van der Waals surface area contributed by atoms with E-state index in [2.05, 4.69) is 5.32 Å². The largest absolute Gasteiger partial charge is 0.351 e. The molecule has 1 fully saturated rings. The van der Waals surface area contributed by atoms with Gasteiger partial charge in [-0.15, -0.1) is 12.4 Å². The first-order valence-electron chi connectivity index (χ1n) is 5.25. The minimum Gasteiger partial charge on any atom is -0.351 e. The third-order valence-corrected chi connectivity index (χ3v) is 2.86. The molecule has 5 N–H and O–H groups in total. The first kappa shape index (κ1) is 14.7. The number of carbonyl (C=O) groups excluding carboxylic acids is 1. The summed E-state index contributed by atoms with van der Waals surface area (Å²) in [5, 5.41) is 2.98. The van der Waals surface area contributed by atoms with Crippen molar-refractivity contribution >= 4 is 18.3 Å². The lowest BCUT2D eigenvalue weighted by molar-refractivity contribution is -0.126. The molecule has 5 heteroatoms. The SMILES string of the molecule is CC(C)(N)C(=O)NC1CCCC1CN.Cl. The molecule has 0 radical (unpaired) electrons. The maximum atomic E-state index is 11.6. The van der Waals surface area contributed by atoms with E-state index >= 15 is 0 Å². The molecular weight excluding hydrogens is 214 g/mol. The molecule has 0 heterocycles. The number of carbonyl (C=O) groups is 1. The van der Waals surface area contributed by atoms with E-state index in [1.807, 2.05) is 0 Å². The van der Waals surface area contributed by atoms with Gasteiger partial charge in [0.05, 0.1) is 5.54 Å². The lowest BCUT2D eigenvalue weighted by atomic mass is 10.0. The zero-order valence-electron chi connectivity index (χ0n) is 9.45. The predicted molar refractivity (Wildman–Crippen MR) is 63.8 cm³/mol. The lowest BCUT2D eigenvalue weighted by Gasteiger charge is -2.24. The molecule has 1 amide bonds. The summed E-state index contributed by atoms with van der Waals surface area (Å²) in [4.78, 5) is 11.6. The van der Waals surface area contributed by atoms with Gasteiger partial charge in [-0.25, -0.2) is 0 Å². The molecule has 90 valence electrons. The smallest absolute Gasteiger partial charge is 0.239 e. The summed E-state index contributed by atoms with van der Waals surface area (Å²) >= 11 is 0. The summed E-state index contributed by atoms with van der Waals surface area (Å²) in [6, 6.07) is 0.232. The highest BCUT2D eigenvalue weighted by atomic mass is 35.5. The summed E-state index contributed by atoms with van der Waals surface area (Å²) in [6.07, 6.45) is 3.30. The molecule has 15 heavy (non-hydrogen) atoms. The highest BCUT2D eigenvalue weighted by Crippen LogP contribution is 2.24. The monoisotopic (exact) mass is 235 g/mol. The molecule has 1 rings (SSSR count). The molecule has 0 bridgehead atoms. The molecule has 1 aliphatic rings. The highest BCUT2D eigenvalue weighted by Gasteiger charge is 2.31. The second kappa shape index (κ2) is 5.68. The van der Waals surface area contributed by atoms with Crippen LogP contribution in [0.15, 0.2) is 0 Å². The molecule has 0 aromatic heterocycles. The first-order chi connectivity index (χ1) is 6.45. The highest BCUT2D eigenvalue weighted by molar-refractivity contribution is 5.85. The number of rotatable bonds is 3. The Hall–Kier alpha value is -0.320. The van der Waals surface area contributed by atoms with Crippen LogP contribution >= 0.6 is 12.4 Å². The molecule has 0 spiro atoms.